The zero-order valence-corrected chi connectivity index (χ0v) is 14.8. The Morgan fingerprint density at radius 1 is 1.32 bits per heavy atom. The number of ether oxygens (including phenoxy) is 2. The van der Waals surface area contributed by atoms with E-state index in [1.807, 2.05) is 19.9 Å². The van der Waals surface area contributed by atoms with E-state index >= 15 is 0 Å². The summed E-state index contributed by atoms with van der Waals surface area (Å²) < 4.78 is 12.3. The molecule has 7 nitrogen and oxygen atoms in total. The van der Waals surface area contributed by atoms with Gasteiger partial charge in [0, 0.05) is 19.4 Å². The molecule has 0 aromatic carbocycles. The van der Waals surface area contributed by atoms with Crippen LogP contribution < -0.4 is 10.9 Å². The van der Waals surface area contributed by atoms with Gasteiger partial charge in [0.2, 0.25) is 0 Å². The molecule has 1 N–H and O–H groups in total. The lowest BCUT2D eigenvalue weighted by atomic mass is 10.3. The molecule has 3 aromatic heterocycles. The van der Waals surface area contributed by atoms with E-state index in [2.05, 4.69) is 10.3 Å². The second-order valence-electron chi connectivity index (χ2n) is 5.23. The molecule has 0 fully saturated rings. The van der Waals surface area contributed by atoms with Gasteiger partial charge in [-0.1, -0.05) is 6.07 Å². The number of pyridine rings is 1. The average molecular weight is 361 g/mol. The first-order valence-electron chi connectivity index (χ1n) is 8.06. The SMILES string of the molecule is CCOC(CNC(=O)c1cc2c(=O)n3ccccc3nc2s1)OCC. The molecule has 0 radical (unpaired) electrons. The maximum absolute atomic E-state index is 12.5. The van der Waals surface area contributed by atoms with Crippen LogP contribution in [-0.2, 0) is 9.47 Å². The van der Waals surface area contributed by atoms with Gasteiger partial charge in [-0.15, -0.1) is 11.3 Å². The predicted octanol–water partition coefficient (Wildman–Crippen LogP) is 2.04. The molecule has 3 aromatic rings. The van der Waals surface area contributed by atoms with Gasteiger partial charge in [-0.05, 0) is 32.0 Å². The minimum atomic E-state index is -0.486. The normalized spacial score (nSPS) is 11.5. The van der Waals surface area contributed by atoms with Gasteiger partial charge in [-0.3, -0.25) is 14.0 Å². The molecule has 8 heteroatoms. The van der Waals surface area contributed by atoms with Crippen molar-refractivity contribution in [2.24, 2.45) is 0 Å². The van der Waals surface area contributed by atoms with Crippen molar-refractivity contribution in [3.05, 3.63) is 45.7 Å². The summed E-state index contributed by atoms with van der Waals surface area (Å²) in [6.45, 7) is 4.96. The molecule has 0 spiro atoms. The summed E-state index contributed by atoms with van der Waals surface area (Å²) in [4.78, 5) is 30.3. The summed E-state index contributed by atoms with van der Waals surface area (Å²) in [5.41, 5.74) is 0.374. The number of nitrogens with one attached hydrogen (secondary N) is 1. The molecule has 0 atom stereocenters. The van der Waals surface area contributed by atoms with E-state index in [9.17, 15) is 9.59 Å². The van der Waals surface area contributed by atoms with Crippen LogP contribution in [0.3, 0.4) is 0 Å². The smallest absolute Gasteiger partial charge is 0.266 e. The maximum atomic E-state index is 12.5. The van der Waals surface area contributed by atoms with Gasteiger partial charge < -0.3 is 14.8 Å². The molecule has 25 heavy (non-hydrogen) atoms. The second-order valence-corrected chi connectivity index (χ2v) is 6.26. The van der Waals surface area contributed by atoms with Crippen LogP contribution >= 0.6 is 11.3 Å². The first kappa shape index (κ1) is 17.5. The largest absolute Gasteiger partial charge is 0.351 e. The molecular formula is C17H19N3O4S. The fourth-order valence-corrected chi connectivity index (χ4v) is 3.41. The molecular weight excluding hydrogens is 342 g/mol. The fraction of sp³-hybridized carbons (Fsp3) is 0.353. The Balaban J connectivity index is 1.84. The highest BCUT2D eigenvalue weighted by Crippen LogP contribution is 2.21. The third-order valence-corrected chi connectivity index (χ3v) is 4.60. The van der Waals surface area contributed by atoms with Crippen molar-refractivity contribution in [3.63, 3.8) is 0 Å². The summed E-state index contributed by atoms with van der Waals surface area (Å²) in [6, 6.07) is 6.93. The Bertz CT molecular complexity index is 944. The van der Waals surface area contributed by atoms with E-state index in [0.29, 0.717) is 34.0 Å². The van der Waals surface area contributed by atoms with Crippen molar-refractivity contribution in [3.8, 4) is 0 Å². The van der Waals surface area contributed by atoms with Crippen molar-refractivity contribution in [1.29, 1.82) is 0 Å². The zero-order valence-electron chi connectivity index (χ0n) is 14.0. The van der Waals surface area contributed by atoms with E-state index in [1.54, 1.807) is 24.4 Å². The highest BCUT2D eigenvalue weighted by Gasteiger charge is 2.16. The lowest BCUT2D eigenvalue weighted by Gasteiger charge is -2.16. The van der Waals surface area contributed by atoms with Crippen LogP contribution in [-0.4, -0.2) is 41.3 Å². The Kier molecular flexibility index (Phi) is 5.42. The van der Waals surface area contributed by atoms with Crippen molar-refractivity contribution in [1.82, 2.24) is 14.7 Å². The second kappa shape index (κ2) is 7.73. The summed E-state index contributed by atoms with van der Waals surface area (Å²) in [5, 5.41) is 3.21. The average Bonchev–Trinajstić information content (AvgIpc) is 3.04. The molecule has 0 aliphatic heterocycles. The number of amides is 1. The number of carbonyl (C=O) groups is 1. The Labute approximate surface area is 148 Å². The highest BCUT2D eigenvalue weighted by atomic mass is 32.1. The molecule has 132 valence electrons. The first-order chi connectivity index (χ1) is 12.1. The molecule has 0 bridgehead atoms. The van der Waals surface area contributed by atoms with Crippen LogP contribution in [0.2, 0.25) is 0 Å². The minimum absolute atomic E-state index is 0.183. The molecule has 3 heterocycles. The number of aromatic nitrogens is 2. The van der Waals surface area contributed by atoms with E-state index in [0.717, 1.165) is 0 Å². The molecule has 3 rings (SSSR count). The van der Waals surface area contributed by atoms with E-state index < -0.39 is 6.29 Å². The Morgan fingerprint density at radius 3 is 2.80 bits per heavy atom. The van der Waals surface area contributed by atoms with Crippen LogP contribution in [0.1, 0.15) is 23.5 Å². The van der Waals surface area contributed by atoms with Gasteiger partial charge in [0.15, 0.2) is 6.29 Å². The van der Waals surface area contributed by atoms with E-state index in [1.165, 1.54) is 15.7 Å². The van der Waals surface area contributed by atoms with Gasteiger partial charge in [0.05, 0.1) is 16.8 Å². The number of nitrogens with zero attached hydrogens (tertiary/aromatic N) is 2. The lowest BCUT2D eigenvalue weighted by Crippen LogP contribution is -2.35. The number of thiophene rings is 1. The standard InChI is InChI=1S/C17H19N3O4S/c1-3-23-14(24-4-2)10-18-15(21)12-9-11-16(25-12)19-13-7-5-6-8-20(13)17(11)22/h5-9,14H,3-4,10H2,1-2H3,(H,18,21). The minimum Gasteiger partial charge on any atom is -0.351 e. The molecule has 1 amide bonds. The molecule has 0 unspecified atom stereocenters. The van der Waals surface area contributed by atoms with Gasteiger partial charge in [0.25, 0.3) is 11.5 Å². The fourth-order valence-electron chi connectivity index (χ4n) is 2.46. The Morgan fingerprint density at radius 2 is 2.08 bits per heavy atom. The van der Waals surface area contributed by atoms with Crippen LogP contribution in [0.15, 0.2) is 35.3 Å². The monoisotopic (exact) mass is 361 g/mol. The van der Waals surface area contributed by atoms with Crippen molar-refractivity contribution < 1.29 is 14.3 Å². The van der Waals surface area contributed by atoms with Gasteiger partial charge >= 0.3 is 0 Å². The third-order valence-electron chi connectivity index (χ3n) is 3.57. The van der Waals surface area contributed by atoms with E-state index in [-0.39, 0.29) is 18.0 Å². The topological polar surface area (TPSA) is 81.9 Å². The van der Waals surface area contributed by atoms with Gasteiger partial charge in [-0.2, -0.15) is 0 Å². The van der Waals surface area contributed by atoms with Gasteiger partial charge in [0.1, 0.15) is 10.5 Å². The Hall–Kier alpha value is -2.29. The summed E-state index contributed by atoms with van der Waals surface area (Å²) >= 11 is 1.19. The number of carbonyl (C=O) groups excluding carboxylic acids is 1. The predicted molar refractivity (Wildman–Crippen MR) is 96.2 cm³/mol. The van der Waals surface area contributed by atoms with Crippen LogP contribution in [0.25, 0.3) is 15.9 Å². The lowest BCUT2D eigenvalue weighted by molar-refractivity contribution is -0.131. The van der Waals surface area contributed by atoms with Crippen molar-refractivity contribution >= 4 is 33.1 Å². The van der Waals surface area contributed by atoms with Crippen LogP contribution in [0.4, 0.5) is 0 Å². The summed E-state index contributed by atoms with van der Waals surface area (Å²) in [5.74, 6) is -0.277. The van der Waals surface area contributed by atoms with Crippen molar-refractivity contribution in [2.45, 2.75) is 20.1 Å². The van der Waals surface area contributed by atoms with E-state index in [4.69, 9.17) is 9.47 Å². The highest BCUT2D eigenvalue weighted by molar-refractivity contribution is 7.20. The van der Waals surface area contributed by atoms with Crippen LogP contribution in [0, 0.1) is 0 Å². The van der Waals surface area contributed by atoms with Crippen LogP contribution in [0.5, 0.6) is 0 Å². The molecule has 0 aliphatic carbocycles. The summed E-state index contributed by atoms with van der Waals surface area (Å²) in [7, 11) is 0. The molecule has 0 saturated carbocycles. The van der Waals surface area contributed by atoms with Gasteiger partial charge in [-0.25, -0.2) is 4.98 Å². The van der Waals surface area contributed by atoms with Crippen molar-refractivity contribution in [2.75, 3.05) is 19.8 Å². The summed E-state index contributed by atoms with van der Waals surface area (Å²) in [6.07, 6.45) is 1.18. The third kappa shape index (κ3) is 3.71. The molecule has 0 aliphatic rings. The zero-order chi connectivity index (χ0) is 17.8. The number of hydrogen-bond acceptors (Lipinski definition) is 6. The number of fused-ring (bicyclic) bond motifs is 2. The first-order valence-corrected chi connectivity index (χ1v) is 8.88. The number of hydrogen-bond donors (Lipinski definition) is 1. The number of rotatable bonds is 7. The molecule has 0 saturated heterocycles. The maximum Gasteiger partial charge on any atom is 0.266 e. The quantitative estimate of drug-likeness (QED) is 0.651.